The summed E-state index contributed by atoms with van der Waals surface area (Å²) < 4.78 is 44.1. The molecule has 0 unspecified atom stereocenters. The number of alkyl halides is 2. The van der Waals surface area contributed by atoms with Crippen LogP contribution in [0.5, 0.6) is 0 Å². The summed E-state index contributed by atoms with van der Waals surface area (Å²) in [6.07, 6.45) is -1.29. The van der Waals surface area contributed by atoms with Crippen molar-refractivity contribution in [1.29, 1.82) is 0 Å². The van der Waals surface area contributed by atoms with E-state index in [0.717, 1.165) is 6.07 Å². The van der Waals surface area contributed by atoms with Gasteiger partial charge >= 0.3 is 0 Å². The lowest BCUT2D eigenvalue weighted by atomic mass is 9.95. The summed E-state index contributed by atoms with van der Waals surface area (Å²) in [4.78, 5) is 4.25. The minimum atomic E-state index is -2.67. The maximum atomic E-state index is 13.7. The number of hydrogen-bond donors (Lipinski definition) is 1. The van der Waals surface area contributed by atoms with Crippen LogP contribution in [0.4, 0.5) is 13.2 Å². The molecule has 0 atom stereocenters. The van der Waals surface area contributed by atoms with Crippen LogP contribution in [0.2, 0.25) is 5.02 Å². The second kappa shape index (κ2) is 5.34. The molecule has 1 aromatic carbocycles. The van der Waals surface area contributed by atoms with Crippen LogP contribution in [0, 0.1) is 5.82 Å². The Morgan fingerprint density at radius 2 is 2.08 bits per heavy atom. The molecule has 24 heavy (non-hydrogen) atoms. The molecule has 0 amide bonds. The fourth-order valence-electron chi connectivity index (χ4n) is 2.69. The van der Waals surface area contributed by atoms with E-state index in [4.69, 9.17) is 16.1 Å². The number of halogens is 4. The molecule has 1 N–H and O–H groups in total. The fourth-order valence-corrected chi connectivity index (χ4v) is 3.00. The van der Waals surface area contributed by atoms with Crippen LogP contribution in [0.15, 0.2) is 28.8 Å². The molecule has 1 aliphatic carbocycles. The number of aromatic amines is 1. The van der Waals surface area contributed by atoms with Gasteiger partial charge in [-0.25, -0.2) is 13.2 Å². The first-order valence-electron chi connectivity index (χ1n) is 7.14. The number of nitrogens with zero attached hydrogens (tertiary/aromatic N) is 3. The van der Waals surface area contributed by atoms with Gasteiger partial charge in [0.2, 0.25) is 0 Å². The first kappa shape index (κ1) is 15.2. The monoisotopic (exact) mass is 354 g/mol. The molecular formula is C15H10ClF3N4O. The van der Waals surface area contributed by atoms with Crippen LogP contribution >= 0.6 is 11.6 Å². The van der Waals surface area contributed by atoms with Crippen molar-refractivity contribution >= 4 is 11.6 Å². The third kappa shape index (κ3) is 2.29. The number of hydrogen-bond acceptors (Lipinski definition) is 4. The van der Waals surface area contributed by atoms with Crippen molar-refractivity contribution in [2.45, 2.75) is 24.7 Å². The molecule has 4 rings (SSSR count). The second-order valence-electron chi connectivity index (χ2n) is 5.62. The Hall–Kier alpha value is -2.35. The highest BCUT2D eigenvalue weighted by Gasteiger charge is 2.51. The molecule has 2 aromatic heterocycles. The zero-order valence-electron chi connectivity index (χ0n) is 12.1. The largest absolute Gasteiger partial charge is 0.332 e. The quantitative estimate of drug-likeness (QED) is 0.759. The van der Waals surface area contributed by atoms with Gasteiger partial charge in [-0.1, -0.05) is 28.9 Å². The van der Waals surface area contributed by atoms with Crippen molar-refractivity contribution in [2.75, 3.05) is 0 Å². The summed E-state index contributed by atoms with van der Waals surface area (Å²) in [5, 5.41) is 9.91. The number of nitrogens with one attached hydrogen (secondary N) is 1. The summed E-state index contributed by atoms with van der Waals surface area (Å²) in [6, 6.07) is 5.72. The van der Waals surface area contributed by atoms with Crippen LogP contribution in [0.3, 0.4) is 0 Å². The van der Waals surface area contributed by atoms with E-state index in [9.17, 15) is 13.2 Å². The Labute approximate surface area is 138 Å². The third-order valence-corrected chi connectivity index (χ3v) is 4.51. The maximum absolute atomic E-state index is 13.7. The number of rotatable bonds is 4. The molecule has 1 saturated carbocycles. The topological polar surface area (TPSA) is 67.6 Å². The molecule has 2 heterocycles. The van der Waals surface area contributed by atoms with E-state index in [1.54, 1.807) is 12.1 Å². The van der Waals surface area contributed by atoms with Gasteiger partial charge in [0.25, 0.3) is 12.3 Å². The van der Waals surface area contributed by atoms with Crippen LogP contribution in [0.1, 0.15) is 36.3 Å². The fraction of sp³-hybridized carbons (Fsp3) is 0.267. The SMILES string of the molecule is Fc1cccc(C2(c3noc(-c4cc(C(F)F)[nH]n4)n3)CC2)c1Cl. The summed E-state index contributed by atoms with van der Waals surface area (Å²) in [7, 11) is 0. The van der Waals surface area contributed by atoms with E-state index in [2.05, 4.69) is 20.3 Å². The van der Waals surface area contributed by atoms with Gasteiger partial charge in [0.1, 0.15) is 11.5 Å². The Bertz CT molecular complexity index is 904. The summed E-state index contributed by atoms with van der Waals surface area (Å²) in [6.45, 7) is 0. The molecule has 124 valence electrons. The Balaban J connectivity index is 1.70. The van der Waals surface area contributed by atoms with Crippen molar-refractivity contribution < 1.29 is 17.7 Å². The van der Waals surface area contributed by atoms with Gasteiger partial charge < -0.3 is 4.52 Å². The summed E-state index contributed by atoms with van der Waals surface area (Å²) in [5.74, 6) is -0.156. The molecule has 3 aromatic rings. The standard InChI is InChI=1S/C15H10ClF3N4O/c16-11-7(2-1-3-8(11)17)15(4-5-15)14-20-13(24-23-14)10-6-9(12(18)19)21-22-10/h1-3,6,12H,4-5H2,(H,21,22). The molecule has 9 heteroatoms. The minimum Gasteiger partial charge on any atom is -0.332 e. The zero-order valence-corrected chi connectivity index (χ0v) is 12.8. The zero-order chi connectivity index (χ0) is 16.9. The van der Waals surface area contributed by atoms with Gasteiger partial charge in [-0.15, -0.1) is 0 Å². The first-order chi connectivity index (χ1) is 11.5. The molecule has 0 radical (unpaired) electrons. The van der Waals surface area contributed by atoms with E-state index in [-0.39, 0.29) is 22.3 Å². The van der Waals surface area contributed by atoms with E-state index < -0.39 is 17.7 Å². The highest BCUT2D eigenvalue weighted by Crippen LogP contribution is 2.54. The predicted octanol–water partition coefficient (Wildman–Crippen LogP) is 4.27. The van der Waals surface area contributed by atoms with Gasteiger partial charge in [0.05, 0.1) is 10.4 Å². The van der Waals surface area contributed by atoms with Gasteiger partial charge in [-0.2, -0.15) is 10.1 Å². The molecule has 0 aliphatic heterocycles. The van der Waals surface area contributed by atoms with Crippen LogP contribution in [-0.4, -0.2) is 20.3 Å². The van der Waals surface area contributed by atoms with Gasteiger partial charge in [-0.3, -0.25) is 5.10 Å². The van der Waals surface area contributed by atoms with E-state index >= 15 is 0 Å². The van der Waals surface area contributed by atoms with Gasteiger partial charge in [0, 0.05) is 0 Å². The Morgan fingerprint density at radius 3 is 2.75 bits per heavy atom. The smallest absolute Gasteiger partial charge is 0.279 e. The number of H-pyrrole nitrogens is 1. The van der Waals surface area contributed by atoms with E-state index in [1.807, 2.05) is 0 Å². The third-order valence-electron chi connectivity index (χ3n) is 4.12. The van der Waals surface area contributed by atoms with Crippen molar-refractivity contribution in [3.8, 4) is 11.6 Å². The molecule has 0 spiro atoms. The predicted molar refractivity (Wildman–Crippen MR) is 78.3 cm³/mol. The second-order valence-corrected chi connectivity index (χ2v) is 5.99. The van der Waals surface area contributed by atoms with Crippen molar-refractivity contribution in [3.05, 3.63) is 52.2 Å². The van der Waals surface area contributed by atoms with Gasteiger partial charge in [-0.05, 0) is 30.5 Å². The first-order valence-corrected chi connectivity index (χ1v) is 7.51. The average molecular weight is 355 g/mol. The lowest BCUT2D eigenvalue weighted by molar-refractivity contribution is 0.146. The van der Waals surface area contributed by atoms with Crippen LogP contribution in [0.25, 0.3) is 11.6 Å². The maximum Gasteiger partial charge on any atom is 0.279 e. The normalized spacial score (nSPS) is 15.9. The van der Waals surface area contributed by atoms with Crippen molar-refractivity contribution in [3.63, 3.8) is 0 Å². The van der Waals surface area contributed by atoms with Crippen LogP contribution in [-0.2, 0) is 5.41 Å². The number of benzene rings is 1. The Kier molecular flexibility index (Phi) is 3.38. The molecule has 5 nitrogen and oxygen atoms in total. The van der Waals surface area contributed by atoms with E-state index in [1.165, 1.54) is 6.07 Å². The highest BCUT2D eigenvalue weighted by molar-refractivity contribution is 6.31. The lowest BCUT2D eigenvalue weighted by Crippen LogP contribution is -2.12. The van der Waals surface area contributed by atoms with E-state index in [0.29, 0.717) is 24.2 Å². The summed E-state index contributed by atoms with van der Waals surface area (Å²) >= 11 is 6.07. The molecular weight excluding hydrogens is 345 g/mol. The molecule has 1 fully saturated rings. The van der Waals surface area contributed by atoms with Crippen LogP contribution < -0.4 is 0 Å². The average Bonchev–Trinajstić information content (AvgIpc) is 3.01. The molecule has 1 aliphatic rings. The van der Waals surface area contributed by atoms with Crippen molar-refractivity contribution in [1.82, 2.24) is 20.3 Å². The Morgan fingerprint density at radius 1 is 1.29 bits per heavy atom. The lowest BCUT2D eigenvalue weighted by Gasteiger charge is -2.13. The number of aromatic nitrogens is 4. The highest BCUT2D eigenvalue weighted by atomic mass is 35.5. The summed E-state index contributed by atoms with van der Waals surface area (Å²) in [5.41, 5.74) is -0.223. The minimum absolute atomic E-state index is 0.0203. The molecule has 0 bridgehead atoms. The van der Waals surface area contributed by atoms with Gasteiger partial charge in [0.15, 0.2) is 11.5 Å². The van der Waals surface area contributed by atoms with Crippen molar-refractivity contribution in [2.24, 2.45) is 0 Å². The molecule has 0 saturated heterocycles.